The zero-order chi connectivity index (χ0) is 19.4. The lowest BCUT2D eigenvalue weighted by Crippen LogP contribution is -2.44. The number of benzene rings is 2. The van der Waals surface area contributed by atoms with Gasteiger partial charge in [-0.25, -0.2) is 8.42 Å². The Bertz CT molecular complexity index is 987. The maximum absolute atomic E-state index is 12.9. The van der Waals surface area contributed by atoms with Gasteiger partial charge in [-0.1, -0.05) is 29.8 Å². The van der Waals surface area contributed by atoms with Crippen LogP contribution in [0.5, 0.6) is 0 Å². The second-order valence-electron chi connectivity index (χ2n) is 6.32. The molecule has 3 rings (SSSR count). The van der Waals surface area contributed by atoms with Crippen molar-refractivity contribution in [2.45, 2.75) is 12.5 Å². The van der Waals surface area contributed by atoms with Crippen molar-refractivity contribution in [3.63, 3.8) is 0 Å². The number of carbonyl (C=O) groups excluding carboxylic acids is 1. The van der Waals surface area contributed by atoms with Gasteiger partial charge in [0.2, 0.25) is 5.91 Å². The molecular formula is C19H18ClN3O3S. The fourth-order valence-corrected chi connectivity index (χ4v) is 4.97. The van der Waals surface area contributed by atoms with Gasteiger partial charge in [0, 0.05) is 11.4 Å². The summed E-state index contributed by atoms with van der Waals surface area (Å²) in [5.41, 5.74) is 1.58. The summed E-state index contributed by atoms with van der Waals surface area (Å²) in [5, 5.41) is 12.4. The Kier molecular flexibility index (Phi) is 5.68. The first-order chi connectivity index (χ1) is 12.9. The Balaban J connectivity index is 1.78. The van der Waals surface area contributed by atoms with Crippen LogP contribution in [0.25, 0.3) is 0 Å². The summed E-state index contributed by atoms with van der Waals surface area (Å²) in [6.45, 7) is -0.0298. The van der Waals surface area contributed by atoms with Crippen LogP contribution in [0.15, 0.2) is 48.5 Å². The van der Waals surface area contributed by atoms with Crippen LogP contribution < -0.4 is 10.2 Å². The Morgan fingerprint density at radius 2 is 2.00 bits per heavy atom. The first-order valence-electron chi connectivity index (χ1n) is 8.41. The highest BCUT2D eigenvalue weighted by molar-refractivity contribution is 7.91. The maximum atomic E-state index is 12.9. The van der Waals surface area contributed by atoms with E-state index in [4.69, 9.17) is 16.9 Å². The minimum absolute atomic E-state index is 0.0298. The van der Waals surface area contributed by atoms with Gasteiger partial charge in [0.25, 0.3) is 0 Å². The number of hydrogen-bond donors (Lipinski definition) is 1. The maximum Gasteiger partial charge on any atom is 0.246 e. The fourth-order valence-electron chi connectivity index (χ4n) is 3.11. The monoisotopic (exact) mass is 403 g/mol. The number of hydrogen-bond acceptors (Lipinski definition) is 5. The molecule has 1 fully saturated rings. The van der Waals surface area contributed by atoms with Crippen LogP contribution in [0.1, 0.15) is 12.0 Å². The molecule has 1 amide bonds. The number of nitrogens with zero attached hydrogens (tertiary/aromatic N) is 2. The van der Waals surface area contributed by atoms with E-state index in [1.165, 1.54) is 0 Å². The summed E-state index contributed by atoms with van der Waals surface area (Å²) >= 11 is 5.92. The summed E-state index contributed by atoms with van der Waals surface area (Å²) < 4.78 is 23.8. The lowest BCUT2D eigenvalue weighted by Gasteiger charge is -2.28. The number of rotatable bonds is 5. The van der Waals surface area contributed by atoms with Crippen molar-refractivity contribution in [2.24, 2.45) is 0 Å². The normalized spacial score (nSPS) is 17.9. The highest BCUT2D eigenvalue weighted by Gasteiger charge is 2.35. The third kappa shape index (κ3) is 4.59. The van der Waals surface area contributed by atoms with Crippen LogP contribution >= 0.6 is 11.6 Å². The Morgan fingerprint density at radius 1 is 1.26 bits per heavy atom. The van der Waals surface area contributed by atoms with E-state index in [1.54, 1.807) is 35.2 Å². The van der Waals surface area contributed by atoms with Gasteiger partial charge < -0.3 is 10.2 Å². The molecule has 8 heteroatoms. The highest BCUT2D eigenvalue weighted by Crippen LogP contribution is 2.25. The number of para-hydroxylation sites is 1. The van der Waals surface area contributed by atoms with E-state index >= 15 is 0 Å². The topological polar surface area (TPSA) is 90.3 Å². The third-order valence-electron chi connectivity index (χ3n) is 4.41. The van der Waals surface area contributed by atoms with E-state index in [2.05, 4.69) is 5.32 Å². The van der Waals surface area contributed by atoms with Gasteiger partial charge in [0.1, 0.15) is 6.07 Å². The van der Waals surface area contributed by atoms with Crippen molar-refractivity contribution in [3.8, 4) is 6.07 Å². The molecule has 0 radical (unpaired) electrons. The summed E-state index contributed by atoms with van der Waals surface area (Å²) in [6, 6.07) is 15.5. The standard InChI is InChI=1S/C19H18ClN3O3S/c20-18-7-6-15(10-14(18)11-21)22-12-19(24)23(16-4-2-1-3-5-16)17-8-9-27(25,26)13-17/h1-7,10,17,22H,8-9,12-13H2/t17-/m1/s1. The van der Waals surface area contributed by atoms with E-state index in [-0.39, 0.29) is 30.0 Å². The van der Waals surface area contributed by atoms with Gasteiger partial charge in [-0.15, -0.1) is 0 Å². The molecule has 6 nitrogen and oxygen atoms in total. The molecule has 0 aliphatic carbocycles. The number of halogens is 1. The van der Waals surface area contributed by atoms with Crippen molar-refractivity contribution < 1.29 is 13.2 Å². The Morgan fingerprint density at radius 3 is 2.63 bits per heavy atom. The van der Waals surface area contributed by atoms with E-state index in [0.717, 1.165) is 0 Å². The van der Waals surface area contributed by atoms with E-state index < -0.39 is 9.84 Å². The summed E-state index contributed by atoms with van der Waals surface area (Å²) in [7, 11) is -3.13. The molecular weight excluding hydrogens is 386 g/mol. The molecule has 0 unspecified atom stereocenters. The van der Waals surface area contributed by atoms with E-state index in [0.29, 0.717) is 28.4 Å². The van der Waals surface area contributed by atoms with Gasteiger partial charge in [0.15, 0.2) is 9.84 Å². The van der Waals surface area contributed by atoms with Crippen LogP contribution in [-0.4, -0.2) is 38.4 Å². The molecule has 0 bridgehead atoms. The van der Waals surface area contributed by atoms with Crippen molar-refractivity contribution in [2.75, 3.05) is 28.3 Å². The Labute approximate surface area is 163 Å². The molecule has 1 saturated heterocycles. The number of nitriles is 1. The minimum atomic E-state index is -3.13. The molecule has 1 heterocycles. The fraction of sp³-hybridized carbons (Fsp3) is 0.263. The molecule has 2 aromatic carbocycles. The number of carbonyl (C=O) groups is 1. The zero-order valence-electron chi connectivity index (χ0n) is 14.4. The quantitative estimate of drug-likeness (QED) is 0.828. The van der Waals surface area contributed by atoms with Gasteiger partial charge in [-0.05, 0) is 36.8 Å². The van der Waals surface area contributed by atoms with Gasteiger partial charge in [0.05, 0.1) is 34.7 Å². The van der Waals surface area contributed by atoms with Crippen LogP contribution in [0.2, 0.25) is 5.02 Å². The molecule has 0 aromatic heterocycles. The first kappa shape index (κ1) is 19.2. The largest absolute Gasteiger partial charge is 0.376 e. The SMILES string of the molecule is N#Cc1cc(NCC(=O)N(c2ccccc2)[C@@H]2CCS(=O)(=O)C2)ccc1Cl. The van der Waals surface area contributed by atoms with E-state index in [9.17, 15) is 13.2 Å². The van der Waals surface area contributed by atoms with Crippen LogP contribution in [0, 0.1) is 11.3 Å². The molecule has 1 N–H and O–H groups in total. The number of amides is 1. The van der Waals surface area contributed by atoms with Crippen LogP contribution in [0.3, 0.4) is 0 Å². The molecule has 2 aromatic rings. The van der Waals surface area contributed by atoms with Crippen molar-refractivity contribution in [3.05, 3.63) is 59.1 Å². The molecule has 1 aliphatic heterocycles. The predicted molar refractivity (Wildman–Crippen MR) is 106 cm³/mol. The average Bonchev–Trinajstić information content (AvgIpc) is 3.01. The number of anilines is 2. The predicted octanol–water partition coefficient (Wildman–Crippen LogP) is 2.84. The third-order valence-corrected chi connectivity index (χ3v) is 6.49. The molecule has 1 atom stereocenters. The van der Waals surface area contributed by atoms with Crippen molar-refractivity contribution in [1.82, 2.24) is 0 Å². The lowest BCUT2D eigenvalue weighted by atomic mass is 10.1. The average molecular weight is 404 g/mol. The summed E-state index contributed by atoms with van der Waals surface area (Å²) in [5.74, 6) is -0.186. The van der Waals surface area contributed by atoms with Gasteiger partial charge >= 0.3 is 0 Å². The van der Waals surface area contributed by atoms with Crippen LogP contribution in [0.4, 0.5) is 11.4 Å². The highest BCUT2D eigenvalue weighted by atomic mass is 35.5. The Hall–Kier alpha value is -2.56. The molecule has 0 spiro atoms. The lowest BCUT2D eigenvalue weighted by molar-refractivity contribution is -0.117. The molecule has 0 saturated carbocycles. The van der Waals surface area contributed by atoms with Gasteiger partial charge in [-0.2, -0.15) is 5.26 Å². The minimum Gasteiger partial charge on any atom is -0.376 e. The van der Waals surface area contributed by atoms with Crippen LogP contribution in [-0.2, 0) is 14.6 Å². The molecule has 1 aliphatic rings. The second kappa shape index (κ2) is 7.99. The van der Waals surface area contributed by atoms with Crippen molar-refractivity contribution in [1.29, 1.82) is 5.26 Å². The van der Waals surface area contributed by atoms with Crippen molar-refractivity contribution >= 4 is 38.7 Å². The molecule has 27 heavy (non-hydrogen) atoms. The number of sulfone groups is 1. The van der Waals surface area contributed by atoms with Gasteiger partial charge in [-0.3, -0.25) is 4.79 Å². The summed E-state index contributed by atoms with van der Waals surface area (Å²) in [6.07, 6.45) is 0.419. The molecule has 140 valence electrons. The zero-order valence-corrected chi connectivity index (χ0v) is 16.0. The first-order valence-corrected chi connectivity index (χ1v) is 10.6. The van der Waals surface area contributed by atoms with E-state index in [1.807, 2.05) is 24.3 Å². The second-order valence-corrected chi connectivity index (χ2v) is 8.95. The smallest absolute Gasteiger partial charge is 0.246 e. The number of nitrogens with one attached hydrogen (secondary N) is 1. The summed E-state index contributed by atoms with van der Waals surface area (Å²) in [4.78, 5) is 14.5.